The van der Waals surface area contributed by atoms with E-state index in [9.17, 15) is 14.7 Å². The Morgan fingerprint density at radius 2 is 2.10 bits per heavy atom. The maximum absolute atomic E-state index is 11.6. The van der Waals surface area contributed by atoms with E-state index in [2.05, 4.69) is 26.6 Å². The first-order valence-electron chi connectivity index (χ1n) is 5.60. The molecule has 1 atom stereocenters. The van der Waals surface area contributed by atoms with Gasteiger partial charge in [-0.25, -0.2) is 9.59 Å². The van der Waals surface area contributed by atoms with E-state index in [-0.39, 0.29) is 0 Å². The molecule has 20 heavy (non-hydrogen) atoms. The highest BCUT2D eigenvalue weighted by Crippen LogP contribution is 2.26. The van der Waals surface area contributed by atoms with Gasteiger partial charge in [-0.1, -0.05) is 0 Å². The van der Waals surface area contributed by atoms with E-state index in [0.29, 0.717) is 15.9 Å². The van der Waals surface area contributed by atoms with Crippen LogP contribution in [-0.2, 0) is 4.79 Å². The van der Waals surface area contributed by atoms with Crippen LogP contribution in [0, 0.1) is 0 Å². The van der Waals surface area contributed by atoms with Crippen molar-refractivity contribution in [2.24, 2.45) is 0 Å². The highest BCUT2D eigenvalue weighted by atomic mass is 79.9. The highest BCUT2D eigenvalue weighted by Gasteiger charge is 2.30. The minimum absolute atomic E-state index is 0.415. The summed E-state index contributed by atoms with van der Waals surface area (Å²) in [5.41, 5.74) is -1.53. The van der Waals surface area contributed by atoms with Crippen LogP contribution in [-0.4, -0.2) is 41.5 Å². The standard InChI is InChI=1S/C12H15BrN2O5/c1-12(19,10(16)17)6-14-11(18)15-9-4-3-7(20-2)5-8(9)13/h3-5,19H,6H2,1-2H3,(H,16,17)(H2,14,15,18). The molecular weight excluding hydrogens is 332 g/mol. The Morgan fingerprint density at radius 1 is 1.45 bits per heavy atom. The molecule has 1 aromatic rings. The minimum Gasteiger partial charge on any atom is -0.497 e. The number of carboxylic acid groups (broad SMARTS) is 1. The Bertz CT molecular complexity index is 519. The largest absolute Gasteiger partial charge is 0.497 e. The van der Waals surface area contributed by atoms with E-state index >= 15 is 0 Å². The van der Waals surface area contributed by atoms with E-state index in [1.807, 2.05) is 0 Å². The number of halogens is 1. The van der Waals surface area contributed by atoms with E-state index in [4.69, 9.17) is 9.84 Å². The van der Waals surface area contributed by atoms with Gasteiger partial charge < -0.3 is 25.6 Å². The summed E-state index contributed by atoms with van der Waals surface area (Å²) in [7, 11) is 1.52. The number of benzene rings is 1. The second-order valence-electron chi connectivity index (χ2n) is 4.23. The molecular formula is C12H15BrN2O5. The number of anilines is 1. The van der Waals surface area contributed by atoms with Crippen molar-refractivity contribution < 1.29 is 24.5 Å². The Morgan fingerprint density at radius 3 is 2.60 bits per heavy atom. The number of amides is 2. The molecule has 0 saturated heterocycles. The van der Waals surface area contributed by atoms with Gasteiger partial charge in [0.2, 0.25) is 0 Å². The molecule has 4 N–H and O–H groups in total. The minimum atomic E-state index is -2.02. The van der Waals surface area contributed by atoms with Gasteiger partial charge in [0.05, 0.1) is 19.3 Å². The van der Waals surface area contributed by atoms with Gasteiger partial charge in [-0.3, -0.25) is 0 Å². The summed E-state index contributed by atoms with van der Waals surface area (Å²) in [6.45, 7) is 0.681. The molecule has 8 heteroatoms. The summed E-state index contributed by atoms with van der Waals surface area (Å²) in [5, 5.41) is 23.0. The van der Waals surface area contributed by atoms with Gasteiger partial charge in [-0.2, -0.15) is 0 Å². The lowest BCUT2D eigenvalue weighted by atomic mass is 10.1. The van der Waals surface area contributed by atoms with Gasteiger partial charge in [-0.05, 0) is 41.1 Å². The number of nitrogens with one attached hydrogen (secondary N) is 2. The van der Waals surface area contributed by atoms with Crippen molar-refractivity contribution in [3.8, 4) is 5.75 Å². The van der Waals surface area contributed by atoms with Crippen LogP contribution in [0.15, 0.2) is 22.7 Å². The molecule has 7 nitrogen and oxygen atoms in total. The molecule has 2 amide bonds. The number of hydrogen-bond acceptors (Lipinski definition) is 4. The lowest BCUT2D eigenvalue weighted by Gasteiger charge is -2.18. The third-order valence-corrected chi connectivity index (χ3v) is 3.13. The fourth-order valence-corrected chi connectivity index (χ4v) is 1.68. The zero-order valence-corrected chi connectivity index (χ0v) is 12.5. The summed E-state index contributed by atoms with van der Waals surface area (Å²) in [6, 6.07) is 4.33. The molecule has 1 rings (SSSR count). The van der Waals surface area contributed by atoms with Crippen molar-refractivity contribution >= 4 is 33.6 Å². The average Bonchev–Trinajstić information content (AvgIpc) is 2.38. The van der Waals surface area contributed by atoms with E-state index in [1.165, 1.54) is 7.11 Å². The Labute approximate surface area is 124 Å². The van der Waals surface area contributed by atoms with Crippen molar-refractivity contribution in [2.75, 3.05) is 19.0 Å². The summed E-state index contributed by atoms with van der Waals surface area (Å²) < 4.78 is 5.63. The third kappa shape index (κ3) is 4.39. The average molecular weight is 347 g/mol. The highest BCUT2D eigenvalue weighted by molar-refractivity contribution is 9.10. The van der Waals surface area contributed by atoms with Crippen LogP contribution in [0.25, 0.3) is 0 Å². The molecule has 0 spiro atoms. The SMILES string of the molecule is COc1ccc(NC(=O)NCC(C)(O)C(=O)O)c(Br)c1. The van der Waals surface area contributed by atoms with Crippen molar-refractivity contribution in [1.29, 1.82) is 0 Å². The maximum Gasteiger partial charge on any atom is 0.337 e. The van der Waals surface area contributed by atoms with Gasteiger partial charge in [0, 0.05) is 4.47 Å². The van der Waals surface area contributed by atoms with Gasteiger partial charge in [-0.15, -0.1) is 0 Å². The molecule has 110 valence electrons. The van der Waals surface area contributed by atoms with Crippen molar-refractivity contribution in [3.05, 3.63) is 22.7 Å². The second kappa shape index (κ2) is 6.58. The monoisotopic (exact) mass is 346 g/mol. The first-order chi connectivity index (χ1) is 9.26. The summed E-state index contributed by atoms with van der Waals surface area (Å²) in [5.74, 6) is -0.792. The molecule has 0 aliphatic rings. The summed E-state index contributed by atoms with van der Waals surface area (Å²) >= 11 is 3.26. The Hall–Kier alpha value is -1.80. The molecule has 0 heterocycles. The molecule has 1 aromatic carbocycles. The van der Waals surface area contributed by atoms with E-state index < -0.39 is 24.1 Å². The van der Waals surface area contributed by atoms with Crippen LogP contribution in [0.2, 0.25) is 0 Å². The zero-order chi connectivity index (χ0) is 15.3. The molecule has 0 saturated carbocycles. The number of carbonyl (C=O) groups excluding carboxylic acids is 1. The molecule has 0 aliphatic carbocycles. The van der Waals surface area contributed by atoms with Gasteiger partial charge >= 0.3 is 12.0 Å². The molecule has 0 radical (unpaired) electrons. The number of rotatable bonds is 5. The van der Waals surface area contributed by atoms with Crippen LogP contribution in [0.5, 0.6) is 5.75 Å². The Balaban J connectivity index is 2.61. The van der Waals surface area contributed by atoms with Crippen LogP contribution in [0.1, 0.15) is 6.92 Å². The fraction of sp³-hybridized carbons (Fsp3) is 0.333. The number of ether oxygens (including phenoxy) is 1. The number of aliphatic hydroxyl groups is 1. The predicted molar refractivity (Wildman–Crippen MR) is 76.0 cm³/mol. The van der Waals surface area contributed by atoms with Gasteiger partial charge in [0.1, 0.15) is 5.75 Å². The summed E-state index contributed by atoms with van der Waals surface area (Å²) in [4.78, 5) is 22.3. The van der Waals surface area contributed by atoms with Crippen molar-refractivity contribution in [3.63, 3.8) is 0 Å². The van der Waals surface area contributed by atoms with Crippen LogP contribution < -0.4 is 15.4 Å². The quantitative estimate of drug-likeness (QED) is 0.644. The fourth-order valence-electron chi connectivity index (χ4n) is 1.22. The predicted octanol–water partition coefficient (Wildman–Crippen LogP) is 1.41. The molecule has 1 unspecified atom stereocenters. The third-order valence-electron chi connectivity index (χ3n) is 2.48. The number of hydrogen-bond donors (Lipinski definition) is 4. The van der Waals surface area contributed by atoms with Crippen LogP contribution in [0.3, 0.4) is 0 Å². The lowest BCUT2D eigenvalue weighted by molar-refractivity contribution is -0.155. The van der Waals surface area contributed by atoms with Crippen molar-refractivity contribution in [2.45, 2.75) is 12.5 Å². The topological polar surface area (TPSA) is 108 Å². The number of urea groups is 1. The number of methoxy groups -OCH3 is 1. The summed E-state index contributed by atoms with van der Waals surface area (Å²) in [6.07, 6.45) is 0. The lowest BCUT2D eigenvalue weighted by Crippen LogP contribution is -2.47. The number of aliphatic carboxylic acids is 1. The first kappa shape index (κ1) is 16.3. The first-order valence-corrected chi connectivity index (χ1v) is 6.39. The smallest absolute Gasteiger partial charge is 0.337 e. The van der Waals surface area contributed by atoms with E-state index in [0.717, 1.165) is 6.92 Å². The second-order valence-corrected chi connectivity index (χ2v) is 5.09. The zero-order valence-electron chi connectivity index (χ0n) is 10.9. The Kier molecular flexibility index (Phi) is 5.34. The van der Waals surface area contributed by atoms with Gasteiger partial charge in [0.15, 0.2) is 5.60 Å². The molecule has 0 aliphatic heterocycles. The van der Waals surface area contributed by atoms with Crippen molar-refractivity contribution in [1.82, 2.24) is 5.32 Å². The van der Waals surface area contributed by atoms with Gasteiger partial charge in [0.25, 0.3) is 0 Å². The normalized spacial score (nSPS) is 13.2. The maximum atomic E-state index is 11.6. The number of carboxylic acids is 1. The van der Waals surface area contributed by atoms with Crippen LogP contribution in [0.4, 0.5) is 10.5 Å². The molecule has 0 aromatic heterocycles. The number of carbonyl (C=O) groups is 2. The van der Waals surface area contributed by atoms with Crippen LogP contribution >= 0.6 is 15.9 Å². The van der Waals surface area contributed by atoms with E-state index in [1.54, 1.807) is 18.2 Å². The molecule has 0 bridgehead atoms. The molecule has 0 fully saturated rings.